The minimum atomic E-state index is -0.328. The van der Waals surface area contributed by atoms with E-state index in [1.54, 1.807) is 18.2 Å². The Labute approximate surface area is 177 Å². The number of methoxy groups -OCH3 is 1. The summed E-state index contributed by atoms with van der Waals surface area (Å²) in [6.07, 6.45) is 1.42. The Bertz CT molecular complexity index is 1310. The monoisotopic (exact) mass is 419 g/mol. The molecule has 1 N–H and O–H groups in total. The van der Waals surface area contributed by atoms with Crippen molar-refractivity contribution in [3.63, 3.8) is 0 Å². The van der Waals surface area contributed by atoms with Crippen LogP contribution in [0.25, 0.3) is 21.3 Å². The van der Waals surface area contributed by atoms with E-state index >= 15 is 0 Å². The zero-order chi connectivity index (χ0) is 21.3. The van der Waals surface area contributed by atoms with Crippen molar-refractivity contribution in [2.75, 3.05) is 12.4 Å². The Kier molecular flexibility index (Phi) is 5.37. The Morgan fingerprint density at radius 1 is 1.17 bits per heavy atom. The molecule has 0 bridgehead atoms. The van der Waals surface area contributed by atoms with Gasteiger partial charge >= 0.3 is 0 Å². The molecule has 7 heteroatoms. The lowest BCUT2D eigenvalue weighted by atomic mass is 10.0. The molecule has 30 heavy (non-hydrogen) atoms. The Morgan fingerprint density at radius 3 is 2.73 bits per heavy atom. The van der Waals surface area contributed by atoms with Crippen LogP contribution < -0.4 is 15.6 Å². The second-order valence-electron chi connectivity index (χ2n) is 7.05. The summed E-state index contributed by atoms with van der Waals surface area (Å²) >= 11 is 1.43. The van der Waals surface area contributed by atoms with Gasteiger partial charge in [-0.25, -0.2) is 4.98 Å². The van der Waals surface area contributed by atoms with E-state index in [1.165, 1.54) is 34.9 Å². The predicted molar refractivity (Wildman–Crippen MR) is 120 cm³/mol. The summed E-state index contributed by atoms with van der Waals surface area (Å²) in [5, 5.41) is 5.27. The number of rotatable bonds is 5. The maximum absolute atomic E-state index is 13.2. The Morgan fingerprint density at radius 2 is 1.97 bits per heavy atom. The Hall–Kier alpha value is -3.45. The number of hydrogen-bond donors (Lipinski definition) is 1. The first kappa shape index (κ1) is 19.8. The number of nitrogens with zero attached hydrogens (tertiary/aromatic N) is 2. The van der Waals surface area contributed by atoms with Crippen LogP contribution >= 0.6 is 11.3 Å². The van der Waals surface area contributed by atoms with Crippen molar-refractivity contribution in [2.24, 2.45) is 0 Å². The SMILES string of the molecule is COc1ccccc1NC(=O)Cn1cnc2scc(-c3ccc(C)c(C)c3)c2c1=O. The summed E-state index contributed by atoms with van der Waals surface area (Å²) in [4.78, 5) is 30.8. The molecule has 6 nitrogen and oxygen atoms in total. The van der Waals surface area contributed by atoms with Gasteiger partial charge < -0.3 is 10.1 Å². The molecule has 2 heterocycles. The van der Waals surface area contributed by atoms with Crippen LogP contribution in [0.3, 0.4) is 0 Å². The zero-order valence-electron chi connectivity index (χ0n) is 16.9. The van der Waals surface area contributed by atoms with Gasteiger partial charge in [-0.3, -0.25) is 14.2 Å². The number of hydrogen-bond acceptors (Lipinski definition) is 5. The highest BCUT2D eigenvalue weighted by atomic mass is 32.1. The number of carbonyl (C=O) groups is 1. The number of aromatic nitrogens is 2. The molecule has 2 aromatic heterocycles. The molecule has 152 valence electrons. The average molecular weight is 420 g/mol. The number of thiophene rings is 1. The average Bonchev–Trinajstić information content (AvgIpc) is 3.17. The molecule has 0 saturated heterocycles. The van der Waals surface area contributed by atoms with E-state index in [0.717, 1.165) is 16.7 Å². The summed E-state index contributed by atoms with van der Waals surface area (Å²) in [5.74, 6) is 0.229. The molecule has 0 fully saturated rings. The van der Waals surface area contributed by atoms with Crippen molar-refractivity contribution in [1.29, 1.82) is 0 Å². The van der Waals surface area contributed by atoms with Gasteiger partial charge in [0.15, 0.2) is 0 Å². The summed E-state index contributed by atoms with van der Waals surface area (Å²) in [6.45, 7) is 3.97. The number of carbonyl (C=O) groups excluding carboxylic acids is 1. The van der Waals surface area contributed by atoms with Crippen molar-refractivity contribution in [3.8, 4) is 16.9 Å². The number of aryl methyl sites for hydroxylation is 2. The first-order chi connectivity index (χ1) is 14.5. The lowest BCUT2D eigenvalue weighted by molar-refractivity contribution is -0.116. The van der Waals surface area contributed by atoms with Gasteiger partial charge in [-0.15, -0.1) is 11.3 Å². The van der Waals surface area contributed by atoms with Gasteiger partial charge in [-0.05, 0) is 42.7 Å². The lowest BCUT2D eigenvalue weighted by Gasteiger charge is -2.11. The molecule has 0 aliphatic rings. The maximum atomic E-state index is 13.2. The molecule has 0 radical (unpaired) electrons. The fraction of sp³-hybridized carbons (Fsp3) is 0.174. The van der Waals surface area contributed by atoms with Gasteiger partial charge in [0.1, 0.15) is 17.1 Å². The van der Waals surface area contributed by atoms with Crippen molar-refractivity contribution in [1.82, 2.24) is 9.55 Å². The van der Waals surface area contributed by atoms with Gasteiger partial charge in [0, 0.05) is 10.9 Å². The molecule has 0 spiro atoms. The van der Waals surface area contributed by atoms with Gasteiger partial charge in [-0.2, -0.15) is 0 Å². The van der Waals surface area contributed by atoms with E-state index in [0.29, 0.717) is 21.7 Å². The normalized spacial score (nSPS) is 10.9. The van der Waals surface area contributed by atoms with Gasteiger partial charge in [-0.1, -0.05) is 30.3 Å². The minimum Gasteiger partial charge on any atom is -0.495 e. The van der Waals surface area contributed by atoms with Crippen molar-refractivity contribution >= 4 is 33.1 Å². The van der Waals surface area contributed by atoms with E-state index in [-0.39, 0.29) is 18.0 Å². The third kappa shape index (κ3) is 3.71. The standard InChI is InChI=1S/C23H21N3O3S/c1-14-8-9-16(10-15(14)2)17-12-30-22-21(17)23(28)26(13-24-22)11-20(27)25-18-6-4-5-7-19(18)29-3/h4-10,12-13H,11H2,1-3H3,(H,25,27). The molecule has 0 saturated carbocycles. The summed E-state index contributed by atoms with van der Waals surface area (Å²) < 4.78 is 6.59. The van der Waals surface area contributed by atoms with Crippen LogP contribution in [0.4, 0.5) is 5.69 Å². The smallest absolute Gasteiger partial charge is 0.263 e. The number of anilines is 1. The fourth-order valence-electron chi connectivity index (χ4n) is 3.29. The number of ether oxygens (including phenoxy) is 1. The molecule has 1 amide bonds. The fourth-order valence-corrected chi connectivity index (χ4v) is 4.20. The topological polar surface area (TPSA) is 73.2 Å². The maximum Gasteiger partial charge on any atom is 0.263 e. The van der Waals surface area contributed by atoms with Crippen LogP contribution in [0.15, 0.2) is 59.0 Å². The second-order valence-corrected chi connectivity index (χ2v) is 7.91. The third-order valence-electron chi connectivity index (χ3n) is 5.07. The zero-order valence-corrected chi connectivity index (χ0v) is 17.7. The summed E-state index contributed by atoms with van der Waals surface area (Å²) in [7, 11) is 1.54. The molecular formula is C23H21N3O3S. The first-order valence-electron chi connectivity index (χ1n) is 9.45. The second kappa shape index (κ2) is 8.12. The molecule has 4 aromatic rings. The quantitative estimate of drug-likeness (QED) is 0.521. The predicted octanol–water partition coefficient (Wildman–Crippen LogP) is 4.39. The van der Waals surface area contributed by atoms with Crippen molar-refractivity contribution < 1.29 is 9.53 Å². The van der Waals surface area contributed by atoms with Crippen molar-refractivity contribution in [3.05, 3.63) is 75.7 Å². The molecule has 2 aromatic carbocycles. The third-order valence-corrected chi connectivity index (χ3v) is 5.96. The van der Waals surface area contributed by atoms with E-state index in [9.17, 15) is 9.59 Å². The van der Waals surface area contributed by atoms with E-state index in [4.69, 9.17) is 4.74 Å². The minimum absolute atomic E-state index is 0.137. The van der Waals surface area contributed by atoms with Crippen LogP contribution in [-0.4, -0.2) is 22.6 Å². The van der Waals surface area contributed by atoms with Gasteiger partial charge in [0.25, 0.3) is 5.56 Å². The van der Waals surface area contributed by atoms with Crippen LogP contribution in [0.5, 0.6) is 5.75 Å². The highest BCUT2D eigenvalue weighted by Gasteiger charge is 2.16. The molecule has 4 rings (SSSR count). The summed E-state index contributed by atoms with van der Waals surface area (Å²) in [6, 6.07) is 13.3. The van der Waals surface area contributed by atoms with Crippen LogP contribution in [0.2, 0.25) is 0 Å². The molecule has 0 aliphatic carbocycles. The number of amides is 1. The molecule has 0 atom stereocenters. The highest BCUT2D eigenvalue weighted by molar-refractivity contribution is 7.17. The number of benzene rings is 2. The van der Waals surface area contributed by atoms with Crippen LogP contribution in [0.1, 0.15) is 11.1 Å². The van der Waals surface area contributed by atoms with E-state index in [1.807, 2.05) is 30.5 Å². The highest BCUT2D eigenvalue weighted by Crippen LogP contribution is 2.31. The largest absolute Gasteiger partial charge is 0.495 e. The van der Waals surface area contributed by atoms with Crippen LogP contribution in [0, 0.1) is 13.8 Å². The number of fused-ring (bicyclic) bond motifs is 1. The van der Waals surface area contributed by atoms with E-state index < -0.39 is 0 Å². The van der Waals surface area contributed by atoms with Gasteiger partial charge in [0.05, 0.1) is 24.5 Å². The number of para-hydroxylation sites is 2. The van der Waals surface area contributed by atoms with Crippen molar-refractivity contribution in [2.45, 2.75) is 20.4 Å². The molecule has 0 unspecified atom stereocenters. The molecule has 0 aliphatic heterocycles. The number of nitrogens with one attached hydrogen (secondary N) is 1. The first-order valence-corrected chi connectivity index (χ1v) is 10.3. The summed E-state index contributed by atoms with van der Waals surface area (Å²) in [5.41, 5.74) is 4.49. The Balaban J connectivity index is 1.67. The lowest BCUT2D eigenvalue weighted by Crippen LogP contribution is -2.27. The van der Waals surface area contributed by atoms with Crippen LogP contribution in [-0.2, 0) is 11.3 Å². The van der Waals surface area contributed by atoms with E-state index in [2.05, 4.69) is 23.3 Å². The molecular weight excluding hydrogens is 398 g/mol. The van der Waals surface area contributed by atoms with Gasteiger partial charge in [0.2, 0.25) is 5.91 Å².